The SMILES string of the molecule is COc1cccc(CN(C(=O)CN(c2ccccc2)S(=O)(=O)c2ccc(F)cc2)[C@@H](C)C(=O)NCC(C)C)c1. The average molecular weight is 556 g/mol. The summed E-state index contributed by atoms with van der Waals surface area (Å²) < 4.78 is 47.1. The van der Waals surface area contributed by atoms with E-state index in [9.17, 15) is 22.4 Å². The summed E-state index contributed by atoms with van der Waals surface area (Å²) in [5, 5.41) is 2.85. The molecule has 0 saturated carbocycles. The molecule has 0 fully saturated rings. The average Bonchev–Trinajstić information content (AvgIpc) is 2.93. The lowest BCUT2D eigenvalue weighted by Gasteiger charge is -2.32. The van der Waals surface area contributed by atoms with Gasteiger partial charge in [-0.05, 0) is 66.9 Å². The van der Waals surface area contributed by atoms with E-state index in [1.807, 2.05) is 13.8 Å². The lowest BCUT2D eigenvalue weighted by molar-refractivity contribution is -0.139. The molecular weight excluding hydrogens is 521 g/mol. The smallest absolute Gasteiger partial charge is 0.264 e. The third kappa shape index (κ3) is 7.79. The second kappa shape index (κ2) is 13.2. The summed E-state index contributed by atoms with van der Waals surface area (Å²) in [6, 6.07) is 18.8. The molecule has 0 aliphatic rings. The Morgan fingerprint density at radius 1 is 0.949 bits per heavy atom. The molecule has 0 saturated heterocycles. The lowest BCUT2D eigenvalue weighted by Crippen LogP contribution is -2.51. The van der Waals surface area contributed by atoms with Gasteiger partial charge in [-0.3, -0.25) is 13.9 Å². The summed E-state index contributed by atoms with van der Waals surface area (Å²) in [6.45, 7) is 5.43. The van der Waals surface area contributed by atoms with Gasteiger partial charge in [-0.2, -0.15) is 0 Å². The van der Waals surface area contributed by atoms with Crippen LogP contribution in [0.4, 0.5) is 10.1 Å². The Labute approximate surface area is 229 Å². The van der Waals surface area contributed by atoms with E-state index in [2.05, 4.69) is 5.32 Å². The van der Waals surface area contributed by atoms with Crippen molar-refractivity contribution in [2.45, 2.75) is 38.3 Å². The standard InChI is InChI=1S/C29H34FN3O5S/c1-21(2)18-31-29(35)22(3)32(19-23-9-8-12-26(17-23)38-4)28(34)20-33(25-10-6-5-7-11-25)39(36,37)27-15-13-24(30)14-16-27/h5-17,21-22H,18-20H2,1-4H3,(H,31,35)/t22-/m0/s1. The third-order valence-electron chi connectivity index (χ3n) is 6.06. The number of anilines is 1. The van der Waals surface area contributed by atoms with Crippen LogP contribution in [0.5, 0.6) is 5.75 Å². The highest BCUT2D eigenvalue weighted by Crippen LogP contribution is 2.25. The molecule has 8 nitrogen and oxygen atoms in total. The van der Waals surface area contributed by atoms with Crippen LogP contribution in [0.15, 0.2) is 83.8 Å². The molecule has 39 heavy (non-hydrogen) atoms. The Bertz CT molecular complexity index is 1370. The van der Waals surface area contributed by atoms with Gasteiger partial charge >= 0.3 is 0 Å². The predicted molar refractivity (Wildman–Crippen MR) is 148 cm³/mol. The van der Waals surface area contributed by atoms with E-state index in [1.165, 1.54) is 12.0 Å². The van der Waals surface area contributed by atoms with E-state index >= 15 is 0 Å². The van der Waals surface area contributed by atoms with Crippen molar-refractivity contribution in [1.82, 2.24) is 10.2 Å². The van der Waals surface area contributed by atoms with E-state index < -0.39 is 34.3 Å². The maximum atomic E-state index is 13.9. The number of para-hydroxylation sites is 1. The topological polar surface area (TPSA) is 96.0 Å². The molecule has 0 aliphatic carbocycles. The number of ether oxygens (including phenoxy) is 1. The molecule has 0 heterocycles. The Hall–Kier alpha value is -3.92. The van der Waals surface area contributed by atoms with Gasteiger partial charge in [0, 0.05) is 13.1 Å². The van der Waals surface area contributed by atoms with Crippen molar-refractivity contribution in [2.24, 2.45) is 5.92 Å². The number of carbonyl (C=O) groups excluding carboxylic acids is 2. The van der Waals surface area contributed by atoms with Crippen LogP contribution in [0.2, 0.25) is 0 Å². The molecular formula is C29H34FN3O5S. The number of halogens is 1. The summed E-state index contributed by atoms with van der Waals surface area (Å²) in [6.07, 6.45) is 0. The van der Waals surface area contributed by atoms with Crippen LogP contribution in [0.1, 0.15) is 26.3 Å². The summed E-state index contributed by atoms with van der Waals surface area (Å²) in [5.41, 5.74) is 0.965. The molecule has 0 aromatic heterocycles. The van der Waals surface area contributed by atoms with Gasteiger partial charge in [0.25, 0.3) is 10.0 Å². The monoisotopic (exact) mass is 555 g/mol. The number of hydrogen-bond donors (Lipinski definition) is 1. The van der Waals surface area contributed by atoms with E-state index in [0.717, 1.165) is 28.6 Å². The van der Waals surface area contributed by atoms with Crippen molar-refractivity contribution in [2.75, 3.05) is 24.5 Å². The quantitative estimate of drug-likeness (QED) is 0.361. The number of sulfonamides is 1. The highest BCUT2D eigenvalue weighted by atomic mass is 32.2. The normalized spacial score (nSPS) is 12.1. The van der Waals surface area contributed by atoms with E-state index in [1.54, 1.807) is 61.5 Å². The minimum absolute atomic E-state index is 0.0471. The highest BCUT2D eigenvalue weighted by Gasteiger charge is 2.32. The first kappa shape index (κ1) is 29.6. The molecule has 0 bridgehead atoms. The first-order valence-electron chi connectivity index (χ1n) is 12.6. The Kier molecular flexibility index (Phi) is 10.1. The van der Waals surface area contributed by atoms with Gasteiger partial charge in [0.2, 0.25) is 11.8 Å². The van der Waals surface area contributed by atoms with Crippen LogP contribution in [0, 0.1) is 11.7 Å². The molecule has 0 spiro atoms. The Morgan fingerprint density at radius 2 is 1.62 bits per heavy atom. The van der Waals surface area contributed by atoms with Crippen molar-refractivity contribution in [1.29, 1.82) is 0 Å². The van der Waals surface area contributed by atoms with Gasteiger partial charge in [0.15, 0.2) is 0 Å². The van der Waals surface area contributed by atoms with Gasteiger partial charge in [-0.25, -0.2) is 12.8 Å². The molecule has 0 unspecified atom stereocenters. The number of benzene rings is 3. The zero-order chi connectivity index (χ0) is 28.6. The summed E-state index contributed by atoms with van der Waals surface area (Å²) in [5.74, 6) is -0.728. The lowest BCUT2D eigenvalue weighted by atomic mass is 10.1. The van der Waals surface area contributed by atoms with Crippen molar-refractivity contribution in [3.8, 4) is 5.75 Å². The second-order valence-electron chi connectivity index (χ2n) is 9.49. The number of amides is 2. The fraction of sp³-hybridized carbons (Fsp3) is 0.310. The van der Waals surface area contributed by atoms with E-state index in [4.69, 9.17) is 4.74 Å². The van der Waals surface area contributed by atoms with E-state index in [-0.39, 0.29) is 29.0 Å². The Morgan fingerprint density at radius 3 is 2.23 bits per heavy atom. The van der Waals surface area contributed by atoms with Gasteiger partial charge in [-0.15, -0.1) is 0 Å². The fourth-order valence-corrected chi connectivity index (χ4v) is 5.27. The minimum Gasteiger partial charge on any atom is -0.497 e. The molecule has 10 heteroatoms. The number of methoxy groups -OCH3 is 1. The maximum absolute atomic E-state index is 13.9. The zero-order valence-corrected chi connectivity index (χ0v) is 23.3. The molecule has 3 aromatic rings. The van der Waals surface area contributed by atoms with Crippen molar-refractivity contribution < 1.29 is 27.1 Å². The molecule has 1 atom stereocenters. The predicted octanol–water partition coefficient (Wildman–Crippen LogP) is 4.22. The number of rotatable bonds is 12. The summed E-state index contributed by atoms with van der Waals surface area (Å²) in [4.78, 5) is 28.0. The Balaban J connectivity index is 1.99. The second-order valence-corrected chi connectivity index (χ2v) is 11.4. The van der Waals surface area contributed by atoms with Gasteiger partial charge in [0.1, 0.15) is 24.2 Å². The van der Waals surface area contributed by atoms with Crippen LogP contribution >= 0.6 is 0 Å². The zero-order valence-electron chi connectivity index (χ0n) is 22.5. The molecule has 0 radical (unpaired) electrons. The first-order valence-corrected chi connectivity index (χ1v) is 14.0. The van der Waals surface area contributed by atoms with Crippen LogP contribution in [-0.4, -0.2) is 51.4 Å². The fourth-order valence-electron chi connectivity index (χ4n) is 3.86. The number of hydrogen-bond acceptors (Lipinski definition) is 5. The van der Waals surface area contributed by atoms with Gasteiger partial charge in [-0.1, -0.05) is 44.2 Å². The molecule has 3 aromatic carbocycles. The molecule has 3 rings (SSSR count). The van der Waals surface area contributed by atoms with Crippen LogP contribution < -0.4 is 14.4 Å². The number of carbonyl (C=O) groups is 2. The van der Waals surface area contributed by atoms with Gasteiger partial charge in [0.05, 0.1) is 17.7 Å². The van der Waals surface area contributed by atoms with Crippen LogP contribution in [0.25, 0.3) is 0 Å². The summed E-state index contributed by atoms with van der Waals surface area (Å²) >= 11 is 0. The minimum atomic E-state index is -4.25. The summed E-state index contributed by atoms with van der Waals surface area (Å²) in [7, 11) is -2.72. The van der Waals surface area contributed by atoms with Crippen molar-refractivity contribution in [3.05, 3.63) is 90.2 Å². The van der Waals surface area contributed by atoms with Crippen molar-refractivity contribution >= 4 is 27.5 Å². The number of nitrogens with zero attached hydrogens (tertiary/aromatic N) is 2. The molecule has 2 amide bonds. The molecule has 1 N–H and O–H groups in total. The highest BCUT2D eigenvalue weighted by molar-refractivity contribution is 7.92. The van der Waals surface area contributed by atoms with E-state index in [0.29, 0.717) is 17.9 Å². The third-order valence-corrected chi connectivity index (χ3v) is 7.85. The largest absolute Gasteiger partial charge is 0.497 e. The number of nitrogens with one attached hydrogen (secondary N) is 1. The van der Waals surface area contributed by atoms with Crippen molar-refractivity contribution in [3.63, 3.8) is 0 Å². The van der Waals surface area contributed by atoms with Crippen LogP contribution in [-0.2, 0) is 26.2 Å². The van der Waals surface area contributed by atoms with Gasteiger partial charge < -0.3 is 15.0 Å². The first-order chi connectivity index (χ1) is 18.5. The van der Waals surface area contributed by atoms with Crippen LogP contribution in [0.3, 0.4) is 0 Å². The molecule has 208 valence electrons. The maximum Gasteiger partial charge on any atom is 0.264 e. The molecule has 0 aliphatic heterocycles.